The fourth-order valence-electron chi connectivity index (χ4n) is 0.316. The van der Waals surface area contributed by atoms with Crippen LogP contribution in [0.2, 0.25) is 0 Å². The van der Waals surface area contributed by atoms with Gasteiger partial charge in [0.15, 0.2) is 6.20 Å². The van der Waals surface area contributed by atoms with Crippen LogP contribution in [0, 0.1) is 16.9 Å². The average molecular weight is 185 g/mol. The zero-order chi connectivity index (χ0) is 7.94. The summed E-state index contributed by atoms with van der Waals surface area (Å²) in [5.74, 6) is 0. The van der Waals surface area contributed by atoms with E-state index in [2.05, 4.69) is 21.3 Å². The molecule has 0 bridgehead atoms. The van der Waals surface area contributed by atoms with Crippen molar-refractivity contribution in [3.63, 3.8) is 0 Å². The number of hydrogen-bond acceptors (Lipinski definition) is 5. The predicted molar refractivity (Wildman–Crippen MR) is 40.9 cm³/mol. The molecule has 0 aliphatic rings. The zero-order valence-electron chi connectivity index (χ0n) is 5.30. The molecule has 11 heavy (non-hydrogen) atoms. The molecule has 0 aliphatic carbocycles. The fourth-order valence-corrected chi connectivity index (χ4v) is 0.949. The second-order valence-corrected chi connectivity index (χ2v) is 2.65. The van der Waals surface area contributed by atoms with E-state index < -0.39 is 0 Å². The maximum atomic E-state index is 9.94. The van der Waals surface area contributed by atoms with Crippen molar-refractivity contribution in [2.45, 2.75) is 0 Å². The van der Waals surface area contributed by atoms with Crippen LogP contribution < -0.4 is 4.73 Å². The van der Waals surface area contributed by atoms with Crippen LogP contribution in [-0.2, 0) is 0 Å². The van der Waals surface area contributed by atoms with Crippen LogP contribution in [0.25, 0.3) is 0 Å². The Morgan fingerprint density at radius 1 is 1.55 bits per heavy atom. The first-order valence-electron chi connectivity index (χ1n) is 2.57. The second kappa shape index (κ2) is 4.75. The molecule has 2 radical (unpaired) electrons. The van der Waals surface area contributed by atoms with E-state index in [1.807, 2.05) is 0 Å². The number of rotatable bonds is 0. The number of nitrogens with zero attached hydrogens (tertiary/aromatic N) is 3. The van der Waals surface area contributed by atoms with E-state index in [1.54, 1.807) is 10.8 Å². The van der Waals surface area contributed by atoms with Gasteiger partial charge < -0.3 is 5.21 Å². The molecule has 56 valence electrons. The highest BCUT2D eigenvalue weighted by Crippen LogP contribution is 1.82. The molecule has 0 amide bonds. The lowest BCUT2D eigenvalue weighted by Crippen LogP contribution is -2.20. The molecule has 6 heteroatoms. The van der Waals surface area contributed by atoms with Gasteiger partial charge in [0.05, 0.1) is 5.38 Å². The van der Waals surface area contributed by atoms with Gasteiger partial charge >= 0.3 is 5.51 Å². The van der Waals surface area contributed by atoms with Crippen molar-refractivity contribution in [1.82, 2.24) is 9.59 Å². The molecule has 0 saturated carbocycles. The van der Waals surface area contributed by atoms with Crippen molar-refractivity contribution in [2.75, 3.05) is 0 Å². The summed E-state index contributed by atoms with van der Waals surface area (Å²) in [4.78, 5) is 0. The van der Waals surface area contributed by atoms with Gasteiger partial charge in [0.2, 0.25) is 0 Å². The first-order chi connectivity index (χ1) is 5.39. The lowest BCUT2D eigenvalue weighted by molar-refractivity contribution is -0.604. The van der Waals surface area contributed by atoms with Crippen LogP contribution in [0.3, 0.4) is 0 Å². The summed E-state index contributed by atoms with van der Waals surface area (Å²) < 4.78 is 4.10. The summed E-state index contributed by atoms with van der Waals surface area (Å²) in [5.41, 5.74) is 2.40. The summed E-state index contributed by atoms with van der Waals surface area (Å²) in [7, 11) is 0. The summed E-state index contributed by atoms with van der Waals surface area (Å²) in [6.07, 6.45) is 3.93. The molecule has 0 unspecified atom stereocenters. The Morgan fingerprint density at radius 2 is 2.45 bits per heavy atom. The molecular formula is C5H3N3OS2. The Hall–Kier alpha value is -1.01. The minimum absolute atomic E-state index is 0.644. The molecule has 2 aromatic heterocycles. The van der Waals surface area contributed by atoms with E-state index in [1.165, 1.54) is 29.1 Å². The highest BCUT2D eigenvalue weighted by atomic mass is 32.1. The third-order valence-electron chi connectivity index (χ3n) is 0.658. The fraction of sp³-hybridized carbons (Fsp3) is 0. The number of hydrogen-bond donors (Lipinski definition) is 0. The molecule has 2 heterocycles. The van der Waals surface area contributed by atoms with Gasteiger partial charge in [-0.1, -0.05) is 15.8 Å². The average Bonchev–Trinajstić information content (AvgIpc) is 2.57. The van der Waals surface area contributed by atoms with Crippen LogP contribution in [0.4, 0.5) is 0 Å². The highest BCUT2D eigenvalue weighted by Gasteiger charge is 1.81. The van der Waals surface area contributed by atoms with Gasteiger partial charge in [-0.15, -0.1) is 5.10 Å². The molecule has 0 aromatic carbocycles. The van der Waals surface area contributed by atoms with Gasteiger partial charge in [-0.2, -0.15) is 4.73 Å². The highest BCUT2D eigenvalue weighted by molar-refractivity contribution is 7.06. The van der Waals surface area contributed by atoms with Gasteiger partial charge in [0.1, 0.15) is 6.20 Å². The van der Waals surface area contributed by atoms with Crippen molar-refractivity contribution in [3.8, 4) is 0 Å². The molecule has 0 fully saturated rings. The zero-order valence-corrected chi connectivity index (χ0v) is 6.93. The Balaban J connectivity index is 0.000000112. The van der Waals surface area contributed by atoms with E-state index >= 15 is 0 Å². The van der Waals surface area contributed by atoms with Crippen molar-refractivity contribution < 1.29 is 4.73 Å². The van der Waals surface area contributed by atoms with Crippen molar-refractivity contribution in [3.05, 3.63) is 33.9 Å². The first-order valence-corrected chi connectivity index (χ1v) is 4.28. The van der Waals surface area contributed by atoms with Crippen LogP contribution in [0.1, 0.15) is 0 Å². The van der Waals surface area contributed by atoms with Gasteiger partial charge in [0.25, 0.3) is 0 Å². The van der Waals surface area contributed by atoms with Gasteiger partial charge in [-0.25, -0.2) is 0 Å². The number of thiazole rings is 1. The maximum absolute atomic E-state index is 9.94. The van der Waals surface area contributed by atoms with Crippen molar-refractivity contribution in [2.24, 2.45) is 0 Å². The Kier molecular flexibility index (Phi) is 3.49. The quantitative estimate of drug-likeness (QED) is 0.444. The van der Waals surface area contributed by atoms with E-state index in [4.69, 9.17) is 0 Å². The van der Waals surface area contributed by atoms with E-state index in [0.29, 0.717) is 4.73 Å². The molecule has 4 nitrogen and oxygen atoms in total. The molecular weight excluding hydrogens is 182 g/mol. The lowest BCUT2D eigenvalue weighted by atomic mass is 11.0. The largest absolute Gasteiger partial charge is 0.617 e. The third kappa shape index (κ3) is 3.64. The topological polar surface area (TPSA) is 52.7 Å². The standard InChI is InChI=1S/C3H2NOS.C2HN2S/c5-4-1-2-6-3-4;1-2-5-4-3-1/h1-2H;2H. The molecule has 2 aromatic rings. The van der Waals surface area contributed by atoms with Crippen LogP contribution in [0.5, 0.6) is 0 Å². The Morgan fingerprint density at radius 3 is 2.64 bits per heavy atom. The molecule has 0 N–H and O–H groups in total. The molecule has 0 saturated heterocycles. The van der Waals surface area contributed by atoms with Crippen molar-refractivity contribution >= 4 is 22.9 Å². The first kappa shape index (κ1) is 8.09. The van der Waals surface area contributed by atoms with Crippen LogP contribution in [-0.4, -0.2) is 9.59 Å². The molecule has 0 spiro atoms. The summed E-state index contributed by atoms with van der Waals surface area (Å²) in [5, 5.41) is 16.7. The van der Waals surface area contributed by atoms with Crippen LogP contribution in [0.15, 0.2) is 17.0 Å². The Bertz CT molecular complexity index is 238. The number of aromatic nitrogens is 3. The molecule has 2 rings (SSSR count). The normalized spacial score (nSPS) is 8.36. The smallest absolute Gasteiger partial charge is 0.358 e. The predicted octanol–water partition coefficient (Wildman–Crippen LogP) is 0.520. The van der Waals surface area contributed by atoms with E-state index in [9.17, 15) is 5.21 Å². The molecule has 0 aliphatic heterocycles. The minimum atomic E-state index is 0.644. The molecule has 0 atom stereocenters. The maximum Gasteiger partial charge on any atom is 0.358 e. The minimum Gasteiger partial charge on any atom is -0.617 e. The summed E-state index contributed by atoms with van der Waals surface area (Å²) in [6, 6.07) is 0. The lowest BCUT2D eigenvalue weighted by Gasteiger charge is -1.77. The summed E-state index contributed by atoms with van der Waals surface area (Å²) >= 11 is 2.56. The van der Waals surface area contributed by atoms with Crippen LogP contribution >= 0.6 is 22.9 Å². The summed E-state index contributed by atoms with van der Waals surface area (Å²) in [6.45, 7) is 0. The van der Waals surface area contributed by atoms with E-state index in [0.717, 1.165) is 0 Å². The van der Waals surface area contributed by atoms with Crippen molar-refractivity contribution in [1.29, 1.82) is 0 Å². The Labute approximate surface area is 71.5 Å². The van der Waals surface area contributed by atoms with Gasteiger partial charge in [-0.3, -0.25) is 0 Å². The third-order valence-corrected chi connectivity index (χ3v) is 1.59. The van der Waals surface area contributed by atoms with E-state index in [-0.39, 0.29) is 0 Å². The monoisotopic (exact) mass is 185 g/mol. The second-order valence-electron chi connectivity index (χ2n) is 1.35. The van der Waals surface area contributed by atoms with Gasteiger partial charge in [0, 0.05) is 5.38 Å². The SMILES string of the molecule is [O-][n+]1[c]scc1.[c]1csnn1. The van der Waals surface area contributed by atoms with Gasteiger partial charge in [-0.05, 0) is 11.5 Å².